The quantitative estimate of drug-likeness (QED) is 0.427. The molecular weight excluding hydrogens is 286 g/mol. The molecular formula is C14H23N5O3. The minimum Gasteiger partial charge on any atom is -0.396 e. The van der Waals surface area contributed by atoms with Gasteiger partial charge < -0.3 is 31.5 Å². The summed E-state index contributed by atoms with van der Waals surface area (Å²) in [6.45, 7) is 3.41. The Balaban J connectivity index is 1.99. The SMILES string of the molecule is CC(=O)NCCNc1nc(N2CC(O)C(CO)C2)ccc1N. The molecule has 2 atom stereocenters. The van der Waals surface area contributed by atoms with Crippen LogP contribution in [0.5, 0.6) is 0 Å². The van der Waals surface area contributed by atoms with Gasteiger partial charge in [-0.3, -0.25) is 4.79 Å². The van der Waals surface area contributed by atoms with Crippen molar-refractivity contribution in [3.63, 3.8) is 0 Å². The van der Waals surface area contributed by atoms with Crippen LogP contribution in [0.15, 0.2) is 12.1 Å². The molecule has 22 heavy (non-hydrogen) atoms. The Morgan fingerprint density at radius 3 is 2.86 bits per heavy atom. The van der Waals surface area contributed by atoms with E-state index >= 15 is 0 Å². The number of nitrogens with zero attached hydrogens (tertiary/aromatic N) is 2. The zero-order chi connectivity index (χ0) is 16.1. The van der Waals surface area contributed by atoms with E-state index in [-0.39, 0.29) is 18.4 Å². The summed E-state index contributed by atoms with van der Waals surface area (Å²) in [5.74, 6) is 1.00. The highest BCUT2D eigenvalue weighted by molar-refractivity contribution is 5.72. The lowest BCUT2D eigenvalue weighted by atomic mass is 10.1. The van der Waals surface area contributed by atoms with Gasteiger partial charge in [0.1, 0.15) is 5.82 Å². The van der Waals surface area contributed by atoms with Crippen molar-refractivity contribution in [2.45, 2.75) is 13.0 Å². The van der Waals surface area contributed by atoms with Gasteiger partial charge >= 0.3 is 0 Å². The molecule has 1 aromatic heterocycles. The summed E-state index contributed by atoms with van der Waals surface area (Å²) in [5.41, 5.74) is 6.41. The lowest BCUT2D eigenvalue weighted by Crippen LogP contribution is -2.27. The first-order valence-corrected chi connectivity index (χ1v) is 7.30. The molecule has 6 N–H and O–H groups in total. The maximum absolute atomic E-state index is 10.8. The third-order valence-electron chi connectivity index (χ3n) is 3.67. The second-order valence-corrected chi connectivity index (χ2v) is 5.43. The van der Waals surface area contributed by atoms with Gasteiger partial charge in [0.2, 0.25) is 5.91 Å². The number of nitrogens with two attached hydrogens (primary N) is 1. The fourth-order valence-electron chi connectivity index (χ4n) is 2.42. The molecule has 0 aliphatic carbocycles. The van der Waals surface area contributed by atoms with E-state index in [0.717, 1.165) is 0 Å². The molecule has 8 nitrogen and oxygen atoms in total. The van der Waals surface area contributed by atoms with Crippen LogP contribution >= 0.6 is 0 Å². The number of carbonyl (C=O) groups excluding carboxylic acids is 1. The van der Waals surface area contributed by atoms with Gasteiger partial charge in [0.25, 0.3) is 0 Å². The molecule has 8 heteroatoms. The fraction of sp³-hybridized carbons (Fsp3) is 0.571. The Labute approximate surface area is 129 Å². The first-order valence-electron chi connectivity index (χ1n) is 7.30. The van der Waals surface area contributed by atoms with Gasteiger partial charge in [-0.05, 0) is 12.1 Å². The zero-order valence-corrected chi connectivity index (χ0v) is 12.6. The fourth-order valence-corrected chi connectivity index (χ4v) is 2.42. The molecule has 1 aromatic rings. The van der Waals surface area contributed by atoms with Crippen molar-refractivity contribution in [3.8, 4) is 0 Å². The molecule has 1 saturated heterocycles. The number of aliphatic hydroxyl groups excluding tert-OH is 2. The topological polar surface area (TPSA) is 124 Å². The van der Waals surface area contributed by atoms with Crippen LogP contribution in [0.2, 0.25) is 0 Å². The van der Waals surface area contributed by atoms with E-state index in [1.54, 1.807) is 12.1 Å². The average molecular weight is 309 g/mol. The van der Waals surface area contributed by atoms with Crippen molar-refractivity contribution in [2.24, 2.45) is 5.92 Å². The summed E-state index contributed by atoms with van der Waals surface area (Å²) in [7, 11) is 0. The highest BCUT2D eigenvalue weighted by Gasteiger charge is 2.31. The molecule has 0 radical (unpaired) electrons. The molecule has 1 aliphatic rings. The van der Waals surface area contributed by atoms with Gasteiger partial charge in [0.15, 0.2) is 5.82 Å². The smallest absolute Gasteiger partial charge is 0.216 e. The predicted octanol–water partition coefficient (Wildman–Crippen LogP) is -0.999. The Hall–Kier alpha value is -2.06. The summed E-state index contributed by atoms with van der Waals surface area (Å²) in [4.78, 5) is 17.2. The number of aromatic nitrogens is 1. The molecule has 0 bridgehead atoms. The van der Waals surface area contributed by atoms with Crippen molar-refractivity contribution >= 4 is 23.2 Å². The third-order valence-corrected chi connectivity index (χ3v) is 3.67. The van der Waals surface area contributed by atoms with E-state index in [4.69, 9.17) is 5.73 Å². The predicted molar refractivity (Wildman–Crippen MR) is 84.6 cm³/mol. The van der Waals surface area contributed by atoms with Crippen LogP contribution in [0.25, 0.3) is 0 Å². The van der Waals surface area contributed by atoms with E-state index in [2.05, 4.69) is 15.6 Å². The number of hydrogen-bond donors (Lipinski definition) is 5. The van der Waals surface area contributed by atoms with Gasteiger partial charge in [0.05, 0.1) is 18.4 Å². The maximum atomic E-state index is 10.8. The number of rotatable bonds is 6. The van der Waals surface area contributed by atoms with E-state index in [1.165, 1.54) is 6.92 Å². The van der Waals surface area contributed by atoms with Crippen molar-refractivity contribution in [3.05, 3.63) is 12.1 Å². The molecule has 0 saturated carbocycles. The van der Waals surface area contributed by atoms with Gasteiger partial charge in [-0.2, -0.15) is 0 Å². The van der Waals surface area contributed by atoms with Crippen LogP contribution in [0.4, 0.5) is 17.3 Å². The molecule has 1 fully saturated rings. The van der Waals surface area contributed by atoms with Crippen LogP contribution in [0, 0.1) is 5.92 Å². The number of aliphatic hydroxyl groups is 2. The first kappa shape index (κ1) is 16.3. The number of anilines is 3. The van der Waals surface area contributed by atoms with Crippen LogP contribution in [-0.2, 0) is 4.79 Å². The number of pyridine rings is 1. The molecule has 1 aliphatic heterocycles. The van der Waals surface area contributed by atoms with Gasteiger partial charge in [0, 0.05) is 39.0 Å². The zero-order valence-electron chi connectivity index (χ0n) is 12.6. The maximum Gasteiger partial charge on any atom is 0.216 e. The Morgan fingerprint density at radius 1 is 1.45 bits per heavy atom. The summed E-state index contributed by atoms with van der Waals surface area (Å²) in [6, 6.07) is 3.54. The standard InChI is InChI=1S/C14H23N5O3/c1-9(21)16-4-5-17-14-11(15)2-3-13(18-14)19-6-10(8-20)12(22)7-19/h2-3,10,12,20,22H,4-8,15H2,1H3,(H,16,21)(H,17,18). The number of carbonyl (C=O) groups is 1. The highest BCUT2D eigenvalue weighted by atomic mass is 16.3. The van der Waals surface area contributed by atoms with Crippen molar-refractivity contribution in [1.29, 1.82) is 0 Å². The molecule has 2 unspecified atom stereocenters. The second-order valence-electron chi connectivity index (χ2n) is 5.43. The Morgan fingerprint density at radius 2 is 2.23 bits per heavy atom. The van der Waals surface area contributed by atoms with Gasteiger partial charge in [-0.1, -0.05) is 0 Å². The molecule has 2 heterocycles. The van der Waals surface area contributed by atoms with E-state index < -0.39 is 6.10 Å². The lowest BCUT2D eigenvalue weighted by molar-refractivity contribution is -0.118. The van der Waals surface area contributed by atoms with Crippen molar-refractivity contribution in [1.82, 2.24) is 10.3 Å². The monoisotopic (exact) mass is 309 g/mol. The summed E-state index contributed by atoms with van der Waals surface area (Å²) in [5, 5.41) is 24.8. The van der Waals surface area contributed by atoms with E-state index in [1.807, 2.05) is 4.90 Å². The Bertz CT molecular complexity index is 525. The summed E-state index contributed by atoms with van der Waals surface area (Å²) < 4.78 is 0. The number of nitrogen functional groups attached to an aromatic ring is 1. The van der Waals surface area contributed by atoms with Crippen LogP contribution in [0.3, 0.4) is 0 Å². The minimum absolute atomic E-state index is 0.0472. The number of hydrogen-bond acceptors (Lipinski definition) is 7. The first-order chi connectivity index (χ1) is 10.5. The largest absolute Gasteiger partial charge is 0.396 e. The third kappa shape index (κ3) is 3.99. The van der Waals surface area contributed by atoms with Crippen LogP contribution < -0.4 is 21.3 Å². The lowest BCUT2D eigenvalue weighted by Gasteiger charge is -2.19. The van der Waals surface area contributed by atoms with Crippen LogP contribution in [-0.4, -0.2) is 60.0 Å². The van der Waals surface area contributed by atoms with E-state index in [0.29, 0.717) is 43.5 Å². The average Bonchev–Trinajstić information content (AvgIpc) is 2.86. The number of β-amino-alcohol motifs (C(OH)–C–C–N with tert-alkyl or cyclic N) is 1. The Kier molecular flexibility index (Phi) is 5.40. The van der Waals surface area contributed by atoms with Crippen LogP contribution in [0.1, 0.15) is 6.92 Å². The number of amides is 1. The van der Waals surface area contributed by atoms with Gasteiger partial charge in [-0.25, -0.2) is 4.98 Å². The molecule has 0 spiro atoms. The van der Waals surface area contributed by atoms with Crippen molar-refractivity contribution < 1.29 is 15.0 Å². The molecule has 2 rings (SSSR count). The van der Waals surface area contributed by atoms with Crippen molar-refractivity contribution in [2.75, 3.05) is 48.7 Å². The molecule has 1 amide bonds. The highest BCUT2D eigenvalue weighted by Crippen LogP contribution is 2.26. The molecule has 0 aromatic carbocycles. The second kappa shape index (κ2) is 7.28. The number of nitrogens with one attached hydrogen (secondary N) is 2. The van der Waals surface area contributed by atoms with Gasteiger partial charge in [-0.15, -0.1) is 0 Å². The summed E-state index contributed by atoms with van der Waals surface area (Å²) >= 11 is 0. The molecule has 122 valence electrons. The normalized spacial score (nSPS) is 21.0. The minimum atomic E-state index is -0.555. The summed E-state index contributed by atoms with van der Waals surface area (Å²) in [6.07, 6.45) is -0.555. The van der Waals surface area contributed by atoms with E-state index in [9.17, 15) is 15.0 Å².